The van der Waals surface area contributed by atoms with Crippen LogP contribution in [0.2, 0.25) is 0 Å². The highest BCUT2D eigenvalue weighted by atomic mass is 16.5. The normalized spacial score (nSPS) is 19.6. The van der Waals surface area contributed by atoms with E-state index in [0.717, 1.165) is 5.56 Å². The molecule has 1 amide bonds. The number of hydrogen-bond donors (Lipinski definition) is 0. The molecule has 7 heteroatoms. The molecule has 4 rings (SSSR count). The standard InChI is InChI=1S/C27H31NO6/c1-27(2)14-21-26(22(29)15-27)19(18-9-7-17(32-4)12-24(18)34-6)13-25(30)28(21)20-11-16(31-3)8-10-23(20)33-5/h7-12,19H,13-15H2,1-6H3. The van der Waals surface area contributed by atoms with Gasteiger partial charge in [-0.2, -0.15) is 0 Å². The maximum atomic E-state index is 13.8. The molecule has 2 aliphatic rings. The summed E-state index contributed by atoms with van der Waals surface area (Å²) in [6.07, 6.45) is 1.13. The maximum absolute atomic E-state index is 13.8. The van der Waals surface area contributed by atoms with Crippen molar-refractivity contribution in [3.8, 4) is 23.0 Å². The molecule has 1 aliphatic carbocycles. The first-order valence-corrected chi connectivity index (χ1v) is 11.3. The molecule has 0 saturated carbocycles. The van der Waals surface area contributed by atoms with E-state index in [9.17, 15) is 9.59 Å². The van der Waals surface area contributed by atoms with Gasteiger partial charge in [0.25, 0.3) is 0 Å². The van der Waals surface area contributed by atoms with Crippen molar-refractivity contribution in [3.63, 3.8) is 0 Å². The first kappa shape index (κ1) is 23.7. The largest absolute Gasteiger partial charge is 0.497 e. The van der Waals surface area contributed by atoms with Crippen molar-refractivity contribution in [3.05, 3.63) is 53.2 Å². The number of hydrogen-bond acceptors (Lipinski definition) is 6. The van der Waals surface area contributed by atoms with E-state index >= 15 is 0 Å². The van der Waals surface area contributed by atoms with Crippen molar-refractivity contribution < 1.29 is 28.5 Å². The Bertz CT molecular complexity index is 1170. The molecule has 34 heavy (non-hydrogen) atoms. The predicted octanol–water partition coefficient (Wildman–Crippen LogP) is 4.88. The molecule has 0 saturated heterocycles. The molecule has 0 radical (unpaired) electrons. The Balaban J connectivity index is 1.94. The molecular weight excluding hydrogens is 434 g/mol. The average molecular weight is 466 g/mol. The van der Waals surface area contributed by atoms with Gasteiger partial charge >= 0.3 is 0 Å². The lowest BCUT2D eigenvalue weighted by Crippen LogP contribution is -2.44. The molecule has 1 unspecified atom stereocenters. The van der Waals surface area contributed by atoms with E-state index in [1.807, 2.05) is 12.1 Å². The lowest BCUT2D eigenvalue weighted by atomic mass is 9.69. The summed E-state index contributed by atoms with van der Waals surface area (Å²) < 4.78 is 22.0. The predicted molar refractivity (Wildman–Crippen MR) is 129 cm³/mol. The lowest BCUT2D eigenvalue weighted by molar-refractivity contribution is -0.121. The Labute approximate surface area is 200 Å². The number of methoxy groups -OCH3 is 4. The summed E-state index contributed by atoms with van der Waals surface area (Å²) in [7, 11) is 6.31. The smallest absolute Gasteiger partial charge is 0.232 e. The third kappa shape index (κ3) is 4.11. The van der Waals surface area contributed by atoms with Crippen LogP contribution in [-0.2, 0) is 9.59 Å². The Kier molecular flexibility index (Phi) is 6.30. The third-order valence-corrected chi connectivity index (χ3v) is 6.59. The monoisotopic (exact) mass is 465 g/mol. The highest BCUT2D eigenvalue weighted by molar-refractivity contribution is 6.08. The number of allylic oxidation sites excluding steroid dienone is 2. The van der Waals surface area contributed by atoms with Crippen LogP contribution in [0.1, 0.15) is 44.6 Å². The SMILES string of the molecule is COc1ccc(C2CC(=O)N(c3cc(OC)ccc3OC)C3=C2C(=O)CC(C)(C)C3)c(OC)c1. The highest BCUT2D eigenvalue weighted by Gasteiger charge is 2.45. The second-order valence-electron chi connectivity index (χ2n) is 9.43. The number of ether oxygens (including phenoxy) is 4. The number of ketones is 1. The fourth-order valence-electron chi connectivity index (χ4n) is 5.04. The molecule has 7 nitrogen and oxygen atoms in total. The molecule has 0 N–H and O–H groups in total. The van der Waals surface area contributed by atoms with Gasteiger partial charge in [-0.1, -0.05) is 19.9 Å². The molecule has 0 aromatic heterocycles. The minimum Gasteiger partial charge on any atom is -0.497 e. The van der Waals surface area contributed by atoms with Crippen LogP contribution < -0.4 is 23.8 Å². The van der Waals surface area contributed by atoms with Crippen molar-refractivity contribution in [2.45, 2.75) is 39.0 Å². The van der Waals surface area contributed by atoms with Crippen molar-refractivity contribution in [1.29, 1.82) is 0 Å². The second kappa shape index (κ2) is 9.05. The van der Waals surface area contributed by atoms with Crippen LogP contribution in [-0.4, -0.2) is 40.1 Å². The number of rotatable bonds is 6. The molecule has 2 aromatic rings. The number of amides is 1. The van der Waals surface area contributed by atoms with Crippen LogP contribution >= 0.6 is 0 Å². The van der Waals surface area contributed by atoms with Gasteiger partial charge in [0, 0.05) is 47.7 Å². The van der Waals surface area contributed by atoms with E-state index in [2.05, 4.69) is 13.8 Å². The van der Waals surface area contributed by atoms with Crippen LogP contribution in [0, 0.1) is 5.41 Å². The van der Waals surface area contributed by atoms with Crippen LogP contribution in [0.3, 0.4) is 0 Å². The molecule has 0 fully saturated rings. The van der Waals surface area contributed by atoms with E-state index in [0.29, 0.717) is 52.8 Å². The summed E-state index contributed by atoms with van der Waals surface area (Å²) >= 11 is 0. The second-order valence-corrected chi connectivity index (χ2v) is 9.43. The number of Topliss-reactive ketones (excluding diaryl/α,β-unsaturated/α-hetero) is 1. The van der Waals surface area contributed by atoms with Crippen molar-refractivity contribution in [2.75, 3.05) is 33.3 Å². The number of carbonyl (C=O) groups is 2. The van der Waals surface area contributed by atoms with Gasteiger partial charge in [0.05, 0.1) is 34.1 Å². The zero-order chi connectivity index (χ0) is 24.6. The average Bonchev–Trinajstić information content (AvgIpc) is 2.81. The maximum Gasteiger partial charge on any atom is 0.232 e. The molecule has 1 atom stereocenters. The van der Waals surface area contributed by atoms with E-state index in [1.165, 1.54) is 0 Å². The number of nitrogens with zero attached hydrogens (tertiary/aromatic N) is 1. The highest BCUT2D eigenvalue weighted by Crippen LogP contribution is 2.51. The van der Waals surface area contributed by atoms with Gasteiger partial charge in [0.15, 0.2) is 5.78 Å². The summed E-state index contributed by atoms with van der Waals surface area (Å²) in [6.45, 7) is 4.11. The zero-order valence-electron chi connectivity index (χ0n) is 20.6. The molecular formula is C27H31NO6. The van der Waals surface area contributed by atoms with E-state index in [4.69, 9.17) is 18.9 Å². The lowest BCUT2D eigenvalue weighted by Gasteiger charge is -2.43. The molecule has 1 heterocycles. The van der Waals surface area contributed by atoms with E-state index < -0.39 is 5.92 Å². The minimum absolute atomic E-state index is 0.0495. The quantitative estimate of drug-likeness (QED) is 0.605. The Morgan fingerprint density at radius 1 is 0.824 bits per heavy atom. The Morgan fingerprint density at radius 3 is 2.12 bits per heavy atom. The van der Waals surface area contributed by atoms with Crippen LogP contribution in [0.5, 0.6) is 23.0 Å². The molecule has 0 spiro atoms. The van der Waals surface area contributed by atoms with E-state index in [-0.39, 0.29) is 23.5 Å². The number of benzene rings is 2. The fourth-order valence-corrected chi connectivity index (χ4v) is 5.04. The van der Waals surface area contributed by atoms with Crippen molar-refractivity contribution >= 4 is 17.4 Å². The van der Waals surface area contributed by atoms with Crippen molar-refractivity contribution in [2.24, 2.45) is 5.41 Å². The Morgan fingerprint density at radius 2 is 1.47 bits per heavy atom. The van der Waals surface area contributed by atoms with Gasteiger partial charge in [-0.3, -0.25) is 14.5 Å². The van der Waals surface area contributed by atoms with Gasteiger partial charge in [-0.05, 0) is 30.0 Å². The molecule has 0 bridgehead atoms. The summed E-state index contributed by atoms with van der Waals surface area (Å²) in [6, 6.07) is 10.8. The van der Waals surface area contributed by atoms with Gasteiger partial charge in [-0.15, -0.1) is 0 Å². The summed E-state index contributed by atoms with van der Waals surface area (Å²) in [5.41, 5.74) is 2.46. The Hall–Kier alpha value is -3.48. The van der Waals surface area contributed by atoms with Crippen molar-refractivity contribution in [1.82, 2.24) is 0 Å². The first-order chi connectivity index (χ1) is 16.2. The van der Waals surface area contributed by atoms with Crippen LogP contribution in [0.25, 0.3) is 0 Å². The summed E-state index contributed by atoms with van der Waals surface area (Å²) in [4.78, 5) is 29.0. The van der Waals surface area contributed by atoms with Gasteiger partial charge in [0.2, 0.25) is 5.91 Å². The summed E-state index contributed by atoms with van der Waals surface area (Å²) in [5, 5.41) is 0. The molecule has 180 valence electrons. The number of carbonyl (C=O) groups excluding carboxylic acids is 2. The molecule has 1 aliphatic heterocycles. The van der Waals surface area contributed by atoms with Gasteiger partial charge in [-0.25, -0.2) is 0 Å². The number of anilines is 1. The molecule has 2 aromatic carbocycles. The van der Waals surface area contributed by atoms with Gasteiger partial charge in [0.1, 0.15) is 23.0 Å². The fraction of sp³-hybridized carbons (Fsp3) is 0.407. The van der Waals surface area contributed by atoms with Crippen LogP contribution in [0.15, 0.2) is 47.7 Å². The summed E-state index contributed by atoms with van der Waals surface area (Å²) in [5.74, 6) is 1.92. The van der Waals surface area contributed by atoms with Gasteiger partial charge < -0.3 is 18.9 Å². The first-order valence-electron chi connectivity index (χ1n) is 11.3. The minimum atomic E-state index is -0.403. The topological polar surface area (TPSA) is 74.3 Å². The van der Waals surface area contributed by atoms with E-state index in [1.54, 1.807) is 57.6 Å². The van der Waals surface area contributed by atoms with Crippen LogP contribution in [0.4, 0.5) is 5.69 Å². The zero-order valence-corrected chi connectivity index (χ0v) is 20.6. The third-order valence-electron chi connectivity index (χ3n) is 6.59.